The van der Waals surface area contributed by atoms with Crippen LogP contribution < -0.4 is 15.8 Å². The number of nitrogens with two attached hydrogens (primary N) is 1. The Hall–Kier alpha value is -1.71. The van der Waals surface area contributed by atoms with Crippen molar-refractivity contribution in [2.75, 3.05) is 12.3 Å². The van der Waals surface area contributed by atoms with E-state index in [0.29, 0.717) is 24.8 Å². The van der Waals surface area contributed by atoms with Gasteiger partial charge in [0.25, 0.3) is 0 Å². The van der Waals surface area contributed by atoms with Crippen LogP contribution in [0.3, 0.4) is 0 Å². The zero-order chi connectivity index (χ0) is 15.1. The van der Waals surface area contributed by atoms with Crippen molar-refractivity contribution in [1.82, 2.24) is 5.32 Å². The average molecular weight is 290 g/mol. The van der Waals surface area contributed by atoms with Crippen LogP contribution in [0.4, 0.5) is 5.69 Å². The topological polar surface area (TPSA) is 64.3 Å². The zero-order valence-electron chi connectivity index (χ0n) is 12.8. The summed E-state index contributed by atoms with van der Waals surface area (Å²) >= 11 is 0. The molecule has 1 aromatic carbocycles. The first kappa shape index (κ1) is 15.7. The predicted octanol–water partition coefficient (Wildman–Crippen LogP) is 3.12. The van der Waals surface area contributed by atoms with Crippen molar-refractivity contribution in [3.63, 3.8) is 0 Å². The minimum absolute atomic E-state index is 0.0900. The molecular formula is C17H26N2O2. The van der Waals surface area contributed by atoms with Crippen molar-refractivity contribution in [3.05, 3.63) is 24.3 Å². The maximum absolute atomic E-state index is 11.9. The van der Waals surface area contributed by atoms with Gasteiger partial charge in [-0.15, -0.1) is 0 Å². The second-order valence-corrected chi connectivity index (χ2v) is 5.87. The van der Waals surface area contributed by atoms with Crippen molar-refractivity contribution < 1.29 is 9.53 Å². The molecule has 0 radical (unpaired) electrons. The Kier molecular flexibility index (Phi) is 5.90. The third-order valence-electron chi connectivity index (χ3n) is 4.20. The standard InChI is InChI=1S/C17H26N2O2/c1-2-13-4-3-5-15(12-13)19-17(20)10-11-21-16-8-6-14(18)7-9-16/h6-9,13,15H,2-5,10-12,18H2,1H3,(H,19,20). The maximum atomic E-state index is 11.9. The van der Waals surface area contributed by atoms with Gasteiger partial charge in [-0.25, -0.2) is 0 Å². The van der Waals surface area contributed by atoms with Crippen LogP contribution in [-0.2, 0) is 4.79 Å². The molecule has 1 aromatic rings. The fourth-order valence-electron chi connectivity index (χ4n) is 2.92. The van der Waals surface area contributed by atoms with Crippen molar-refractivity contribution in [2.45, 2.75) is 51.5 Å². The molecule has 2 atom stereocenters. The van der Waals surface area contributed by atoms with E-state index in [1.165, 1.54) is 19.3 Å². The Morgan fingerprint density at radius 3 is 2.81 bits per heavy atom. The summed E-state index contributed by atoms with van der Waals surface area (Å²) in [5.41, 5.74) is 6.32. The van der Waals surface area contributed by atoms with E-state index >= 15 is 0 Å². The number of amides is 1. The van der Waals surface area contributed by atoms with Crippen molar-refractivity contribution >= 4 is 11.6 Å². The van der Waals surface area contributed by atoms with Gasteiger partial charge in [0.05, 0.1) is 13.0 Å². The molecular weight excluding hydrogens is 264 g/mol. The first-order valence-corrected chi connectivity index (χ1v) is 7.95. The number of hydrogen-bond acceptors (Lipinski definition) is 3. The number of ether oxygens (including phenoxy) is 1. The molecule has 1 saturated carbocycles. The second kappa shape index (κ2) is 7.91. The number of carbonyl (C=O) groups excluding carboxylic acids is 1. The fraction of sp³-hybridized carbons (Fsp3) is 0.588. The van der Waals surface area contributed by atoms with E-state index in [1.54, 1.807) is 12.1 Å². The first-order chi connectivity index (χ1) is 10.2. The Bertz CT molecular complexity index is 445. The van der Waals surface area contributed by atoms with Gasteiger partial charge in [0.15, 0.2) is 0 Å². The van der Waals surface area contributed by atoms with Crippen molar-refractivity contribution in [3.8, 4) is 5.75 Å². The van der Waals surface area contributed by atoms with E-state index < -0.39 is 0 Å². The van der Waals surface area contributed by atoms with E-state index in [9.17, 15) is 4.79 Å². The summed E-state index contributed by atoms with van der Waals surface area (Å²) in [5.74, 6) is 1.61. The lowest BCUT2D eigenvalue weighted by molar-refractivity contribution is -0.122. The van der Waals surface area contributed by atoms with Gasteiger partial charge < -0.3 is 15.8 Å². The van der Waals surface area contributed by atoms with Crippen LogP contribution in [0.15, 0.2) is 24.3 Å². The summed E-state index contributed by atoms with van der Waals surface area (Å²) in [4.78, 5) is 11.9. The summed E-state index contributed by atoms with van der Waals surface area (Å²) in [6.07, 6.45) is 6.39. The molecule has 0 aliphatic heterocycles. The van der Waals surface area contributed by atoms with Gasteiger partial charge in [-0.1, -0.05) is 26.2 Å². The molecule has 0 spiro atoms. The summed E-state index contributed by atoms with van der Waals surface area (Å²) in [5, 5.41) is 3.14. The SMILES string of the molecule is CCC1CCCC(NC(=O)CCOc2ccc(N)cc2)C1. The van der Waals surface area contributed by atoms with E-state index in [4.69, 9.17) is 10.5 Å². The highest BCUT2D eigenvalue weighted by Crippen LogP contribution is 2.26. The number of hydrogen-bond donors (Lipinski definition) is 2. The lowest BCUT2D eigenvalue weighted by Gasteiger charge is -2.29. The first-order valence-electron chi connectivity index (χ1n) is 7.95. The Labute approximate surface area is 127 Å². The predicted molar refractivity (Wildman–Crippen MR) is 85.1 cm³/mol. The zero-order valence-corrected chi connectivity index (χ0v) is 12.8. The highest BCUT2D eigenvalue weighted by Gasteiger charge is 2.21. The molecule has 4 heteroatoms. The molecule has 1 aliphatic rings. The Morgan fingerprint density at radius 2 is 2.10 bits per heavy atom. The summed E-state index contributed by atoms with van der Waals surface area (Å²) < 4.78 is 5.55. The number of benzene rings is 1. The Balaban J connectivity index is 1.66. The van der Waals surface area contributed by atoms with Crippen LogP contribution in [0.25, 0.3) is 0 Å². The van der Waals surface area contributed by atoms with Gasteiger partial charge in [0.1, 0.15) is 5.75 Å². The monoisotopic (exact) mass is 290 g/mol. The molecule has 0 saturated heterocycles. The van der Waals surface area contributed by atoms with Crippen LogP contribution in [0.1, 0.15) is 45.4 Å². The van der Waals surface area contributed by atoms with Crippen molar-refractivity contribution in [1.29, 1.82) is 0 Å². The molecule has 0 aromatic heterocycles. The summed E-state index contributed by atoms with van der Waals surface area (Å²) in [6, 6.07) is 7.58. The third-order valence-corrected chi connectivity index (χ3v) is 4.20. The smallest absolute Gasteiger partial charge is 0.223 e. The highest BCUT2D eigenvalue weighted by atomic mass is 16.5. The van der Waals surface area contributed by atoms with Gasteiger partial charge in [-0.2, -0.15) is 0 Å². The van der Waals surface area contributed by atoms with Gasteiger partial charge in [0.2, 0.25) is 5.91 Å². The van der Waals surface area contributed by atoms with E-state index in [-0.39, 0.29) is 5.91 Å². The van der Waals surface area contributed by atoms with Crippen LogP contribution >= 0.6 is 0 Å². The molecule has 3 N–H and O–H groups in total. The van der Waals surface area contributed by atoms with Gasteiger partial charge in [-0.3, -0.25) is 4.79 Å². The molecule has 1 aliphatic carbocycles. The lowest BCUT2D eigenvalue weighted by Crippen LogP contribution is -2.38. The largest absolute Gasteiger partial charge is 0.493 e. The molecule has 0 heterocycles. The van der Waals surface area contributed by atoms with Crippen LogP contribution in [-0.4, -0.2) is 18.6 Å². The van der Waals surface area contributed by atoms with Crippen LogP contribution in [0, 0.1) is 5.92 Å². The molecule has 2 unspecified atom stereocenters. The number of nitrogen functional groups attached to an aromatic ring is 1. The van der Waals surface area contributed by atoms with Crippen LogP contribution in [0.2, 0.25) is 0 Å². The molecule has 4 nitrogen and oxygen atoms in total. The third kappa shape index (κ3) is 5.29. The quantitative estimate of drug-likeness (QED) is 0.791. The maximum Gasteiger partial charge on any atom is 0.223 e. The number of anilines is 1. The van der Waals surface area contributed by atoms with Crippen LogP contribution in [0.5, 0.6) is 5.75 Å². The Morgan fingerprint density at radius 1 is 1.33 bits per heavy atom. The number of carbonyl (C=O) groups is 1. The van der Waals surface area contributed by atoms with Gasteiger partial charge in [0, 0.05) is 11.7 Å². The summed E-state index contributed by atoms with van der Waals surface area (Å²) in [6.45, 7) is 2.63. The van der Waals surface area contributed by atoms with Gasteiger partial charge >= 0.3 is 0 Å². The number of rotatable bonds is 6. The molecule has 116 valence electrons. The van der Waals surface area contributed by atoms with E-state index in [2.05, 4.69) is 12.2 Å². The average Bonchev–Trinajstić information content (AvgIpc) is 2.49. The molecule has 21 heavy (non-hydrogen) atoms. The minimum atomic E-state index is 0.0900. The second-order valence-electron chi connectivity index (χ2n) is 5.87. The minimum Gasteiger partial charge on any atom is -0.493 e. The fourth-order valence-corrected chi connectivity index (χ4v) is 2.92. The molecule has 0 bridgehead atoms. The van der Waals surface area contributed by atoms with E-state index in [1.807, 2.05) is 12.1 Å². The lowest BCUT2D eigenvalue weighted by atomic mass is 9.84. The van der Waals surface area contributed by atoms with Crippen molar-refractivity contribution in [2.24, 2.45) is 5.92 Å². The summed E-state index contributed by atoms with van der Waals surface area (Å²) in [7, 11) is 0. The van der Waals surface area contributed by atoms with E-state index in [0.717, 1.165) is 24.5 Å². The van der Waals surface area contributed by atoms with Gasteiger partial charge in [-0.05, 0) is 43.0 Å². The molecule has 1 amide bonds. The molecule has 2 rings (SSSR count). The normalized spacial score (nSPS) is 21.8. The number of nitrogens with one attached hydrogen (secondary N) is 1. The highest BCUT2D eigenvalue weighted by molar-refractivity contribution is 5.76. The molecule has 1 fully saturated rings.